The van der Waals surface area contributed by atoms with E-state index >= 15 is 4.39 Å². The highest BCUT2D eigenvalue weighted by atomic mass is 35.5. The van der Waals surface area contributed by atoms with Gasteiger partial charge in [-0.1, -0.05) is 47.1 Å². The van der Waals surface area contributed by atoms with Gasteiger partial charge in [-0.25, -0.2) is 14.4 Å². The second-order valence-electron chi connectivity index (χ2n) is 6.15. The molecule has 1 spiro atoms. The Balaban J connectivity index is 1.87. The highest BCUT2D eigenvalue weighted by molar-refractivity contribution is 7.98. The Morgan fingerprint density at radius 1 is 1.17 bits per heavy atom. The molecule has 120 valence electrons. The summed E-state index contributed by atoms with van der Waals surface area (Å²) in [6, 6.07) is 5.81. The fourth-order valence-electron chi connectivity index (χ4n) is 4.01. The summed E-state index contributed by atoms with van der Waals surface area (Å²) in [7, 11) is 0. The molecule has 2 aliphatic rings. The van der Waals surface area contributed by atoms with E-state index in [0.717, 1.165) is 41.0 Å². The van der Waals surface area contributed by atoms with Gasteiger partial charge in [-0.05, 0) is 49.1 Å². The van der Waals surface area contributed by atoms with Crippen LogP contribution in [0.3, 0.4) is 0 Å². The topological polar surface area (TPSA) is 25.8 Å². The smallest absolute Gasteiger partial charge is 0.189 e. The molecular weight excluding hydrogens is 354 g/mol. The maximum Gasteiger partial charge on any atom is 0.189 e. The number of thioether (sulfide) groups is 1. The van der Waals surface area contributed by atoms with Crippen LogP contribution in [0.1, 0.15) is 41.4 Å². The number of benzene rings is 1. The average molecular weight is 369 g/mol. The number of alkyl halides is 1. The number of fused-ring (bicyclic) bond motifs is 3. The van der Waals surface area contributed by atoms with Gasteiger partial charge in [0.2, 0.25) is 0 Å². The van der Waals surface area contributed by atoms with E-state index in [1.165, 1.54) is 11.8 Å². The van der Waals surface area contributed by atoms with E-state index in [1.807, 2.05) is 24.5 Å². The van der Waals surface area contributed by atoms with Crippen molar-refractivity contribution in [2.75, 3.05) is 6.26 Å². The highest BCUT2D eigenvalue weighted by Gasteiger charge is 2.50. The van der Waals surface area contributed by atoms with Crippen molar-refractivity contribution in [2.45, 2.75) is 42.4 Å². The number of rotatable bonds is 1. The highest BCUT2D eigenvalue weighted by Crippen LogP contribution is 2.56. The van der Waals surface area contributed by atoms with Gasteiger partial charge in [-0.3, -0.25) is 0 Å². The third kappa shape index (κ3) is 2.22. The molecule has 0 fully saturated rings. The molecule has 2 nitrogen and oxygen atoms in total. The van der Waals surface area contributed by atoms with Crippen LogP contribution in [-0.4, -0.2) is 16.2 Å². The van der Waals surface area contributed by atoms with Gasteiger partial charge in [0.25, 0.3) is 0 Å². The first-order valence-electron chi connectivity index (χ1n) is 7.59. The summed E-state index contributed by atoms with van der Waals surface area (Å²) < 4.78 is 15.6. The average Bonchev–Trinajstić information content (AvgIpc) is 2.92. The lowest BCUT2D eigenvalue weighted by Gasteiger charge is -2.38. The fraction of sp³-hybridized carbons (Fsp3) is 0.412. The number of hydrogen-bond acceptors (Lipinski definition) is 3. The fourth-order valence-corrected chi connectivity index (χ4v) is 4.97. The van der Waals surface area contributed by atoms with E-state index in [2.05, 4.69) is 9.97 Å². The zero-order chi connectivity index (χ0) is 16.2. The van der Waals surface area contributed by atoms with Crippen LogP contribution in [-0.2, 0) is 18.3 Å². The zero-order valence-corrected chi connectivity index (χ0v) is 14.9. The summed E-state index contributed by atoms with van der Waals surface area (Å²) >= 11 is 14.0. The lowest BCUT2D eigenvalue weighted by Crippen LogP contribution is -2.35. The molecule has 1 aromatic carbocycles. The molecule has 6 heteroatoms. The predicted molar refractivity (Wildman–Crippen MR) is 92.4 cm³/mol. The molecule has 0 radical (unpaired) electrons. The lowest BCUT2D eigenvalue weighted by atomic mass is 9.68. The molecular formula is C17H15Cl2FN2S. The van der Waals surface area contributed by atoms with Gasteiger partial charge >= 0.3 is 0 Å². The Labute approximate surface area is 148 Å². The van der Waals surface area contributed by atoms with Crippen LogP contribution in [0.5, 0.6) is 0 Å². The molecule has 2 aromatic rings. The van der Waals surface area contributed by atoms with Crippen LogP contribution in [0.15, 0.2) is 23.4 Å². The first-order valence-corrected chi connectivity index (χ1v) is 9.57. The second kappa shape index (κ2) is 5.61. The Hall–Kier alpha value is -0.840. The monoisotopic (exact) mass is 368 g/mol. The van der Waals surface area contributed by atoms with E-state index in [4.69, 9.17) is 23.2 Å². The molecule has 2 aliphatic carbocycles. The molecule has 0 N–H and O–H groups in total. The molecule has 1 aromatic heterocycles. The van der Waals surface area contributed by atoms with Crippen molar-refractivity contribution in [3.05, 3.63) is 50.8 Å². The van der Waals surface area contributed by atoms with Gasteiger partial charge in [0, 0.05) is 16.0 Å². The molecule has 23 heavy (non-hydrogen) atoms. The van der Waals surface area contributed by atoms with Crippen molar-refractivity contribution >= 4 is 35.0 Å². The van der Waals surface area contributed by atoms with Gasteiger partial charge < -0.3 is 0 Å². The van der Waals surface area contributed by atoms with Crippen LogP contribution in [0, 0.1) is 0 Å². The van der Waals surface area contributed by atoms with Crippen molar-refractivity contribution in [1.29, 1.82) is 0 Å². The summed E-state index contributed by atoms with van der Waals surface area (Å²) in [6.45, 7) is 0. The van der Waals surface area contributed by atoms with E-state index in [0.29, 0.717) is 22.4 Å². The Morgan fingerprint density at radius 3 is 2.65 bits per heavy atom. The first kappa shape index (κ1) is 15.7. The summed E-state index contributed by atoms with van der Waals surface area (Å²) in [5.74, 6) is 0. The van der Waals surface area contributed by atoms with Crippen LogP contribution >= 0.6 is 35.0 Å². The Kier molecular flexibility index (Phi) is 3.82. The molecule has 0 unspecified atom stereocenters. The minimum absolute atomic E-state index is 0.390. The summed E-state index contributed by atoms with van der Waals surface area (Å²) in [5.41, 5.74) is 2.83. The van der Waals surface area contributed by atoms with Crippen molar-refractivity contribution in [2.24, 2.45) is 0 Å². The third-order valence-electron chi connectivity index (χ3n) is 5.17. The summed E-state index contributed by atoms with van der Waals surface area (Å²) in [5, 5.41) is 1.65. The third-order valence-corrected chi connectivity index (χ3v) is 6.39. The van der Waals surface area contributed by atoms with Gasteiger partial charge in [0.05, 0.1) is 5.69 Å². The largest absolute Gasteiger partial charge is 0.240 e. The van der Waals surface area contributed by atoms with Crippen molar-refractivity contribution in [3.63, 3.8) is 0 Å². The van der Waals surface area contributed by atoms with Crippen molar-refractivity contribution in [1.82, 2.24) is 9.97 Å². The minimum atomic E-state index is -1.17. The van der Waals surface area contributed by atoms with Crippen molar-refractivity contribution < 1.29 is 4.39 Å². The molecule has 0 bridgehead atoms. The molecule has 0 aliphatic heterocycles. The Morgan fingerprint density at radius 2 is 1.91 bits per heavy atom. The maximum absolute atomic E-state index is 15.6. The van der Waals surface area contributed by atoms with E-state index in [-0.39, 0.29) is 0 Å². The molecule has 0 amide bonds. The zero-order valence-electron chi connectivity index (χ0n) is 12.6. The maximum atomic E-state index is 15.6. The molecule has 0 saturated carbocycles. The van der Waals surface area contributed by atoms with Crippen LogP contribution in [0.4, 0.5) is 4.39 Å². The normalized spacial score (nSPS) is 25.5. The molecule has 0 saturated heterocycles. The van der Waals surface area contributed by atoms with Crippen molar-refractivity contribution in [3.8, 4) is 0 Å². The number of aromatic nitrogens is 2. The second-order valence-corrected chi connectivity index (χ2v) is 7.69. The van der Waals surface area contributed by atoms with Crippen LogP contribution in [0.2, 0.25) is 10.2 Å². The molecule has 1 heterocycles. The number of nitrogens with zero attached hydrogens (tertiary/aromatic N) is 2. The summed E-state index contributed by atoms with van der Waals surface area (Å²) in [4.78, 5) is 8.69. The molecule has 4 rings (SSSR count). The van der Waals surface area contributed by atoms with E-state index in [1.54, 1.807) is 0 Å². The van der Waals surface area contributed by atoms with E-state index < -0.39 is 11.6 Å². The SMILES string of the molecule is CSc1nc(Cl)c2c(n1)[C@@H](F)[C@@]1(CCc3c(Cl)cccc31)CC2. The van der Waals surface area contributed by atoms with Gasteiger partial charge in [0.15, 0.2) is 11.3 Å². The first-order chi connectivity index (χ1) is 11.1. The standard InChI is InChI=1S/C17H15Cl2FN2S/c1-23-16-21-13-10(15(19)22-16)6-8-17(14(13)20)7-5-9-11(17)3-2-4-12(9)18/h2-4,14H,5-8H2,1H3/t14-,17+/m1/s1. The molecule has 2 atom stereocenters. The van der Waals surface area contributed by atoms with Crippen LogP contribution < -0.4 is 0 Å². The minimum Gasteiger partial charge on any atom is -0.240 e. The lowest BCUT2D eigenvalue weighted by molar-refractivity contribution is 0.154. The van der Waals surface area contributed by atoms with E-state index in [9.17, 15) is 0 Å². The Bertz CT molecular complexity index is 798. The quantitative estimate of drug-likeness (QED) is 0.385. The number of halogens is 3. The predicted octanol–water partition coefficient (Wildman–Crippen LogP) is 5.35. The van der Waals surface area contributed by atoms with Gasteiger partial charge in [0.1, 0.15) is 5.15 Å². The van der Waals surface area contributed by atoms with Crippen LogP contribution in [0.25, 0.3) is 0 Å². The number of hydrogen-bond donors (Lipinski definition) is 0. The van der Waals surface area contributed by atoms with Gasteiger partial charge in [-0.15, -0.1) is 0 Å². The van der Waals surface area contributed by atoms with Gasteiger partial charge in [-0.2, -0.15) is 0 Å². The summed E-state index contributed by atoms with van der Waals surface area (Å²) in [6.07, 6.45) is 3.71.